The molecule has 1 fully saturated rings. The highest BCUT2D eigenvalue weighted by Crippen LogP contribution is 2.49. The summed E-state index contributed by atoms with van der Waals surface area (Å²) in [6.07, 6.45) is 3.52. The molecule has 1 aliphatic rings. The highest BCUT2D eigenvalue weighted by atomic mass is 16.1. The smallest absolute Gasteiger partial charge is 0.137 e. The zero-order valence-electron chi connectivity index (χ0n) is 11.3. The molecule has 0 amide bonds. The molecule has 18 heavy (non-hydrogen) atoms. The third-order valence-electron chi connectivity index (χ3n) is 3.91. The molecule has 2 heteroatoms. The minimum absolute atomic E-state index is 0.0129. The third-order valence-corrected chi connectivity index (χ3v) is 3.91. The van der Waals surface area contributed by atoms with Crippen molar-refractivity contribution in [3.05, 3.63) is 35.9 Å². The van der Waals surface area contributed by atoms with E-state index >= 15 is 0 Å². The van der Waals surface area contributed by atoms with Crippen LogP contribution in [0.1, 0.15) is 38.2 Å². The number of carbonyl (C=O) groups excluding carboxylic acids is 1. The summed E-state index contributed by atoms with van der Waals surface area (Å²) in [5, 5.41) is 3.34. The molecule has 2 rings (SSSR count). The van der Waals surface area contributed by atoms with Crippen molar-refractivity contribution in [2.45, 2.75) is 38.6 Å². The highest BCUT2D eigenvalue weighted by Gasteiger charge is 2.37. The second-order valence-corrected chi connectivity index (χ2v) is 5.66. The molecule has 1 aromatic rings. The number of aldehydes is 1. The Morgan fingerprint density at radius 3 is 2.67 bits per heavy atom. The summed E-state index contributed by atoms with van der Waals surface area (Å²) in [6, 6.07) is 10.8. The van der Waals surface area contributed by atoms with Crippen LogP contribution >= 0.6 is 0 Å². The normalized spacial score (nSPS) is 23.9. The fourth-order valence-electron chi connectivity index (χ4n) is 2.55. The lowest BCUT2D eigenvalue weighted by Crippen LogP contribution is -2.35. The molecule has 1 N–H and O–H groups in total. The SMILES string of the molecule is CC(C)C(C=O)NCC[C@H]1CC1c1ccccc1. The van der Waals surface area contributed by atoms with Gasteiger partial charge in [0.05, 0.1) is 6.04 Å². The number of carbonyl (C=O) groups is 1. The predicted molar refractivity (Wildman–Crippen MR) is 74.6 cm³/mol. The molecule has 0 radical (unpaired) electrons. The van der Waals surface area contributed by atoms with E-state index in [0.717, 1.165) is 24.7 Å². The van der Waals surface area contributed by atoms with E-state index in [-0.39, 0.29) is 6.04 Å². The summed E-state index contributed by atoms with van der Waals surface area (Å²) in [4.78, 5) is 10.9. The van der Waals surface area contributed by atoms with Crippen molar-refractivity contribution in [2.75, 3.05) is 6.54 Å². The molecule has 0 saturated heterocycles. The molecule has 0 spiro atoms. The third kappa shape index (κ3) is 3.42. The van der Waals surface area contributed by atoms with Crippen LogP contribution in [0.25, 0.3) is 0 Å². The van der Waals surface area contributed by atoms with Gasteiger partial charge in [0, 0.05) is 0 Å². The van der Waals surface area contributed by atoms with Crippen molar-refractivity contribution in [3.8, 4) is 0 Å². The van der Waals surface area contributed by atoms with Crippen molar-refractivity contribution < 1.29 is 4.79 Å². The minimum Gasteiger partial charge on any atom is -0.307 e. The quantitative estimate of drug-likeness (QED) is 0.748. The van der Waals surface area contributed by atoms with E-state index in [1.807, 2.05) is 0 Å². The van der Waals surface area contributed by atoms with Gasteiger partial charge in [0.1, 0.15) is 6.29 Å². The van der Waals surface area contributed by atoms with Crippen LogP contribution in [0.2, 0.25) is 0 Å². The molecular formula is C16H23NO. The van der Waals surface area contributed by atoms with Gasteiger partial charge in [0.15, 0.2) is 0 Å². The van der Waals surface area contributed by atoms with Crippen LogP contribution in [0.5, 0.6) is 0 Å². The summed E-state index contributed by atoms with van der Waals surface area (Å²) < 4.78 is 0. The first-order valence-electron chi connectivity index (χ1n) is 6.96. The Morgan fingerprint density at radius 1 is 1.33 bits per heavy atom. The number of rotatable bonds is 7. The van der Waals surface area contributed by atoms with Gasteiger partial charge in [-0.3, -0.25) is 0 Å². The molecule has 0 heterocycles. The molecule has 0 aromatic heterocycles. The molecule has 1 saturated carbocycles. The zero-order valence-corrected chi connectivity index (χ0v) is 11.3. The first kappa shape index (κ1) is 13.3. The first-order valence-corrected chi connectivity index (χ1v) is 6.96. The fraction of sp³-hybridized carbons (Fsp3) is 0.562. The predicted octanol–water partition coefficient (Wildman–Crippen LogP) is 2.99. The van der Waals surface area contributed by atoms with Gasteiger partial charge < -0.3 is 10.1 Å². The highest BCUT2D eigenvalue weighted by molar-refractivity contribution is 5.57. The van der Waals surface area contributed by atoms with Gasteiger partial charge in [-0.05, 0) is 42.7 Å². The van der Waals surface area contributed by atoms with E-state index < -0.39 is 0 Å². The molecule has 1 aliphatic carbocycles. The summed E-state index contributed by atoms with van der Waals surface area (Å²) in [7, 11) is 0. The van der Waals surface area contributed by atoms with Crippen LogP contribution in [-0.4, -0.2) is 18.9 Å². The van der Waals surface area contributed by atoms with Crippen molar-refractivity contribution in [2.24, 2.45) is 11.8 Å². The van der Waals surface area contributed by atoms with Crippen LogP contribution in [0.4, 0.5) is 0 Å². The Kier molecular flexibility index (Phi) is 4.54. The van der Waals surface area contributed by atoms with Gasteiger partial charge in [-0.2, -0.15) is 0 Å². The standard InChI is InChI=1S/C16H23NO/c1-12(2)16(11-18)17-9-8-14-10-15(14)13-6-4-3-5-7-13/h3-7,11-12,14-17H,8-10H2,1-2H3/t14-,15?,16?/m0/s1. The summed E-state index contributed by atoms with van der Waals surface area (Å²) in [5.74, 6) is 1.94. The van der Waals surface area contributed by atoms with E-state index in [0.29, 0.717) is 5.92 Å². The monoisotopic (exact) mass is 245 g/mol. The van der Waals surface area contributed by atoms with Crippen molar-refractivity contribution in [1.82, 2.24) is 5.32 Å². The van der Waals surface area contributed by atoms with Crippen molar-refractivity contribution in [1.29, 1.82) is 0 Å². The summed E-state index contributed by atoms with van der Waals surface area (Å²) in [6.45, 7) is 5.11. The lowest BCUT2D eigenvalue weighted by molar-refractivity contribution is -0.110. The molecule has 1 aromatic carbocycles. The van der Waals surface area contributed by atoms with E-state index in [9.17, 15) is 4.79 Å². The lowest BCUT2D eigenvalue weighted by atomic mass is 10.1. The maximum Gasteiger partial charge on any atom is 0.137 e. The number of nitrogens with one attached hydrogen (secondary N) is 1. The van der Waals surface area contributed by atoms with Crippen LogP contribution in [-0.2, 0) is 4.79 Å². The largest absolute Gasteiger partial charge is 0.307 e. The lowest BCUT2D eigenvalue weighted by Gasteiger charge is -2.15. The van der Waals surface area contributed by atoms with Crippen LogP contribution in [0.15, 0.2) is 30.3 Å². The Balaban J connectivity index is 1.70. The second kappa shape index (κ2) is 6.14. The molecule has 0 bridgehead atoms. The Bertz CT molecular complexity index is 374. The van der Waals surface area contributed by atoms with Gasteiger partial charge in [-0.25, -0.2) is 0 Å². The Labute approximate surface area is 110 Å². The van der Waals surface area contributed by atoms with Crippen LogP contribution in [0.3, 0.4) is 0 Å². The second-order valence-electron chi connectivity index (χ2n) is 5.66. The van der Waals surface area contributed by atoms with E-state index in [2.05, 4.69) is 49.5 Å². The molecule has 98 valence electrons. The average Bonchev–Trinajstić information content (AvgIpc) is 3.15. The van der Waals surface area contributed by atoms with Crippen LogP contribution < -0.4 is 5.32 Å². The zero-order chi connectivity index (χ0) is 13.0. The maximum absolute atomic E-state index is 10.9. The van der Waals surface area contributed by atoms with Gasteiger partial charge in [0.25, 0.3) is 0 Å². The number of hydrogen-bond donors (Lipinski definition) is 1. The van der Waals surface area contributed by atoms with E-state index in [1.54, 1.807) is 0 Å². The van der Waals surface area contributed by atoms with Gasteiger partial charge in [-0.1, -0.05) is 44.2 Å². The maximum atomic E-state index is 10.9. The molecule has 0 aliphatic heterocycles. The molecular weight excluding hydrogens is 222 g/mol. The van der Waals surface area contributed by atoms with Crippen molar-refractivity contribution in [3.63, 3.8) is 0 Å². The first-order chi connectivity index (χ1) is 8.72. The molecule has 2 unspecified atom stereocenters. The van der Waals surface area contributed by atoms with Gasteiger partial charge in [-0.15, -0.1) is 0 Å². The minimum atomic E-state index is 0.0129. The fourth-order valence-corrected chi connectivity index (χ4v) is 2.55. The van der Waals surface area contributed by atoms with E-state index in [4.69, 9.17) is 0 Å². The Hall–Kier alpha value is -1.15. The topological polar surface area (TPSA) is 29.1 Å². The van der Waals surface area contributed by atoms with Crippen molar-refractivity contribution >= 4 is 6.29 Å². The number of benzene rings is 1. The average molecular weight is 245 g/mol. The van der Waals surface area contributed by atoms with E-state index in [1.165, 1.54) is 18.4 Å². The molecule has 3 atom stereocenters. The van der Waals surface area contributed by atoms with Crippen LogP contribution in [0, 0.1) is 11.8 Å². The van der Waals surface area contributed by atoms with Gasteiger partial charge in [0.2, 0.25) is 0 Å². The summed E-state index contributed by atoms with van der Waals surface area (Å²) >= 11 is 0. The van der Waals surface area contributed by atoms with Gasteiger partial charge >= 0.3 is 0 Å². The Morgan fingerprint density at radius 2 is 2.06 bits per heavy atom. The molecule has 2 nitrogen and oxygen atoms in total. The summed E-state index contributed by atoms with van der Waals surface area (Å²) in [5.41, 5.74) is 1.47. The number of hydrogen-bond acceptors (Lipinski definition) is 2.